The van der Waals surface area contributed by atoms with Crippen LogP contribution < -0.4 is 5.19 Å². The minimum absolute atomic E-state index is 0.559. The minimum atomic E-state index is -1.56. The van der Waals surface area contributed by atoms with Crippen LogP contribution >= 0.6 is 0 Å². The van der Waals surface area contributed by atoms with Crippen molar-refractivity contribution in [3.05, 3.63) is 84.6 Å². The fourth-order valence-corrected chi connectivity index (χ4v) is 4.59. The van der Waals surface area contributed by atoms with Gasteiger partial charge >= 0.3 is 0 Å². The van der Waals surface area contributed by atoms with E-state index in [1.807, 2.05) is 36.4 Å². The van der Waals surface area contributed by atoms with E-state index in [-0.39, 0.29) is 0 Å². The third-order valence-electron chi connectivity index (χ3n) is 4.14. The van der Waals surface area contributed by atoms with Crippen LogP contribution in [0, 0.1) is 0 Å². The van der Waals surface area contributed by atoms with Gasteiger partial charge in [0, 0.05) is 11.8 Å². The Hall–Kier alpha value is -2.23. The SMILES string of the molecule is C[Si](C)(COCc1cccc(-c2ccccc2)n1)c1ccccc1. The summed E-state index contributed by atoms with van der Waals surface area (Å²) in [6.45, 7) is 5.25. The monoisotopic (exact) mass is 333 g/mol. The van der Waals surface area contributed by atoms with Crippen molar-refractivity contribution in [3.63, 3.8) is 0 Å². The van der Waals surface area contributed by atoms with E-state index in [1.165, 1.54) is 5.19 Å². The van der Waals surface area contributed by atoms with E-state index < -0.39 is 8.07 Å². The molecular formula is C21H23NOSi. The summed E-state index contributed by atoms with van der Waals surface area (Å²) in [6.07, 6.45) is 0.800. The number of ether oxygens (including phenoxy) is 1. The summed E-state index contributed by atoms with van der Waals surface area (Å²) in [7, 11) is -1.56. The van der Waals surface area contributed by atoms with Crippen molar-refractivity contribution in [2.45, 2.75) is 19.7 Å². The summed E-state index contributed by atoms with van der Waals surface area (Å²) in [5.41, 5.74) is 3.11. The summed E-state index contributed by atoms with van der Waals surface area (Å²) in [4.78, 5) is 4.73. The van der Waals surface area contributed by atoms with Gasteiger partial charge in [0.05, 0.1) is 18.0 Å². The molecule has 0 N–H and O–H groups in total. The largest absolute Gasteiger partial charge is 0.378 e. The van der Waals surface area contributed by atoms with Gasteiger partial charge in [-0.05, 0) is 12.1 Å². The van der Waals surface area contributed by atoms with Crippen molar-refractivity contribution >= 4 is 13.3 Å². The molecule has 2 aromatic carbocycles. The number of nitrogens with zero attached hydrogens (tertiary/aromatic N) is 1. The highest BCUT2D eigenvalue weighted by atomic mass is 28.3. The minimum Gasteiger partial charge on any atom is -0.378 e. The molecule has 0 radical (unpaired) electrons. The standard InChI is InChI=1S/C21H23NOSi/c1-24(2,20-13-7-4-8-14-20)17-23-16-19-12-9-15-21(22-19)18-10-5-3-6-11-18/h3-15H,16-17H2,1-2H3. The average Bonchev–Trinajstić information content (AvgIpc) is 2.63. The van der Waals surface area contributed by atoms with Gasteiger partial charge < -0.3 is 4.74 Å². The molecule has 122 valence electrons. The molecule has 0 spiro atoms. The van der Waals surface area contributed by atoms with Crippen LogP contribution in [0.1, 0.15) is 5.69 Å². The molecule has 0 aliphatic rings. The van der Waals surface area contributed by atoms with Crippen LogP contribution in [0.25, 0.3) is 11.3 Å². The van der Waals surface area contributed by atoms with Crippen molar-refractivity contribution < 1.29 is 4.74 Å². The van der Waals surface area contributed by atoms with E-state index in [0.717, 1.165) is 23.2 Å². The Labute approximate surface area is 145 Å². The maximum absolute atomic E-state index is 6.03. The first kappa shape index (κ1) is 16.6. The van der Waals surface area contributed by atoms with Gasteiger partial charge in [-0.2, -0.15) is 0 Å². The smallest absolute Gasteiger partial charge is 0.109 e. The fourth-order valence-electron chi connectivity index (χ4n) is 2.71. The summed E-state index contributed by atoms with van der Waals surface area (Å²) >= 11 is 0. The van der Waals surface area contributed by atoms with Gasteiger partial charge in [0.2, 0.25) is 0 Å². The average molecular weight is 334 g/mol. The van der Waals surface area contributed by atoms with Crippen molar-refractivity contribution in [3.8, 4) is 11.3 Å². The second kappa shape index (κ2) is 7.56. The molecule has 0 saturated carbocycles. The lowest BCUT2D eigenvalue weighted by molar-refractivity contribution is 0.157. The van der Waals surface area contributed by atoms with E-state index >= 15 is 0 Å². The molecule has 0 atom stereocenters. The molecule has 3 heteroatoms. The number of hydrogen-bond donors (Lipinski definition) is 0. The quantitative estimate of drug-likeness (QED) is 0.623. The molecular weight excluding hydrogens is 310 g/mol. The van der Waals surface area contributed by atoms with Crippen molar-refractivity contribution in [1.82, 2.24) is 4.98 Å². The Kier molecular flexibility index (Phi) is 5.23. The molecule has 0 aliphatic carbocycles. The van der Waals surface area contributed by atoms with E-state index in [0.29, 0.717) is 6.61 Å². The third-order valence-corrected chi connectivity index (χ3v) is 6.97. The molecule has 24 heavy (non-hydrogen) atoms. The van der Waals surface area contributed by atoms with E-state index in [2.05, 4.69) is 55.6 Å². The Morgan fingerprint density at radius 1 is 0.792 bits per heavy atom. The van der Waals surface area contributed by atoms with Crippen molar-refractivity contribution in [2.24, 2.45) is 0 Å². The first-order valence-corrected chi connectivity index (χ1v) is 11.5. The van der Waals surface area contributed by atoms with Crippen molar-refractivity contribution in [2.75, 3.05) is 6.23 Å². The molecule has 1 aromatic heterocycles. The summed E-state index contributed by atoms with van der Waals surface area (Å²) < 4.78 is 6.03. The van der Waals surface area contributed by atoms with Crippen LogP contribution in [0.15, 0.2) is 78.9 Å². The lowest BCUT2D eigenvalue weighted by Crippen LogP contribution is -2.46. The molecule has 0 aliphatic heterocycles. The highest BCUT2D eigenvalue weighted by Crippen LogP contribution is 2.17. The number of aromatic nitrogens is 1. The second-order valence-electron chi connectivity index (χ2n) is 6.62. The molecule has 2 nitrogen and oxygen atoms in total. The normalized spacial score (nSPS) is 11.4. The highest BCUT2D eigenvalue weighted by molar-refractivity contribution is 6.89. The first-order valence-electron chi connectivity index (χ1n) is 8.30. The Morgan fingerprint density at radius 2 is 1.46 bits per heavy atom. The molecule has 0 amide bonds. The lowest BCUT2D eigenvalue weighted by Gasteiger charge is -2.22. The van der Waals surface area contributed by atoms with Gasteiger partial charge in [-0.1, -0.05) is 85.0 Å². The fraction of sp³-hybridized carbons (Fsp3) is 0.190. The Bertz CT molecular complexity index is 772. The zero-order valence-corrected chi connectivity index (χ0v) is 15.3. The summed E-state index contributed by atoms with van der Waals surface area (Å²) in [5, 5.41) is 1.43. The van der Waals surface area contributed by atoms with Crippen LogP contribution in [-0.2, 0) is 11.3 Å². The van der Waals surface area contributed by atoms with Crippen LogP contribution in [0.3, 0.4) is 0 Å². The van der Waals surface area contributed by atoms with Crippen LogP contribution in [-0.4, -0.2) is 19.3 Å². The third kappa shape index (κ3) is 4.19. The zero-order valence-electron chi connectivity index (χ0n) is 14.3. The van der Waals surface area contributed by atoms with Gasteiger partial charge in [0.1, 0.15) is 8.07 Å². The topological polar surface area (TPSA) is 22.1 Å². The Morgan fingerprint density at radius 3 is 2.17 bits per heavy atom. The lowest BCUT2D eigenvalue weighted by atomic mass is 10.1. The highest BCUT2D eigenvalue weighted by Gasteiger charge is 2.23. The maximum atomic E-state index is 6.03. The van der Waals surface area contributed by atoms with Gasteiger partial charge in [-0.3, -0.25) is 4.98 Å². The number of hydrogen-bond acceptors (Lipinski definition) is 2. The van der Waals surface area contributed by atoms with E-state index in [4.69, 9.17) is 9.72 Å². The Balaban J connectivity index is 1.63. The number of pyridine rings is 1. The molecule has 0 saturated heterocycles. The van der Waals surface area contributed by atoms with E-state index in [1.54, 1.807) is 0 Å². The first-order chi connectivity index (χ1) is 11.6. The van der Waals surface area contributed by atoms with Gasteiger partial charge in [0.15, 0.2) is 0 Å². The van der Waals surface area contributed by atoms with E-state index in [9.17, 15) is 0 Å². The van der Waals surface area contributed by atoms with Crippen LogP contribution in [0.2, 0.25) is 13.1 Å². The number of rotatable bonds is 6. The van der Waals surface area contributed by atoms with Crippen molar-refractivity contribution in [1.29, 1.82) is 0 Å². The molecule has 1 heterocycles. The molecule has 3 rings (SSSR count). The summed E-state index contributed by atoms with van der Waals surface area (Å²) in [6, 6.07) is 27.1. The zero-order chi connectivity index (χ0) is 16.8. The van der Waals surface area contributed by atoms with Gasteiger partial charge in [-0.25, -0.2) is 0 Å². The van der Waals surface area contributed by atoms with Gasteiger partial charge in [0.25, 0.3) is 0 Å². The molecule has 0 unspecified atom stereocenters. The predicted octanol–water partition coefficient (Wildman–Crippen LogP) is 4.42. The molecule has 0 fully saturated rings. The summed E-state index contributed by atoms with van der Waals surface area (Å²) in [5.74, 6) is 0. The maximum Gasteiger partial charge on any atom is 0.109 e. The molecule has 3 aromatic rings. The predicted molar refractivity (Wildman–Crippen MR) is 103 cm³/mol. The molecule has 0 bridgehead atoms. The number of benzene rings is 2. The van der Waals surface area contributed by atoms with Crippen LogP contribution in [0.4, 0.5) is 0 Å². The second-order valence-corrected chi connectivity index (χ2v) is 11.3. The van der Waals surface area contributed by atoms with Gasteiger partial charge in [-0.15, -0.1) is 0 Å². The van der Waals surface area contributed by atoms with Crippen LogP contribution in [0.5, 0.6) is 0 Å².